The van der Waals surface area contributed by atoms with Crippen LogP contribution in [0.15, 0.2) is 10.4 Å². The molecule has 0 amide bonds. The smallest absolute Gasteiger partial charge is 0.191 e. The number of nitrogens with one attached hydrogen (secondary N) is 2. The summed E-state index contributed by atoms with van der Waals surface area (Å²) in [5.74, 6) is 2.18. The van der Waals surface area contributed by atoms with Crippen LogP contribution in [0.5, 0.6) is 0 Å². The Morgan fingerprint density at radius 1 is 1.42 bits per heavy atom. The molecular weight excluding hydrogens is 435 g/mol. The molecule has 138 valence electrons. The van der Waals surface area contributed by atoms with Gasteiger partial charge in [0, 0.05) is 31.7 Å². The third-order valence-corrected chi connectivity index (χ3v) is 4.54. The van der Waals surface area contributed by atoms with Crippen molar-refractivity contribution in [2.24, 2.45) is 10.9 Å². The fourth-order valence-corrected chi connectivity index (χ4v) is 2.95. The van der Waals surface area contributed by atoms with E-state index < -0.39 is 0 Å². The van der Waals surface area contributed by atoms with Crippen LogP contribution in [0.25, 0.3) is 0 Å². The summed E-state index contributed by atoms with van der Waals surface area (Å²) in [6.45, 7) is 10.5. The summed E-state index contributed by atoms with van der Waals surface area (Å²) in [6.07, 6.45) is 3.71. The number of nitrogens with zero attached hydrogens (tertiary/aromatic N) is 2. The average Bonchev–Trinajstić information content (AvgIpc) is 3.22. The van der Waals surface area contributed by atoms with Crippen molar-refractivity contribution in [2.75, 3.05) is 26.3 Å². The molecule has 5 nitrogen and oxygen atoms in total. The maximum absolute atomic E-state index is 5.65. The first kappa shape index (κ1) is 21.6. The summed E-state index contributed by atoms with van der Waals surface area (Å²) in [7, 11) is 0. The van der Waals surface area contributed by atoms with Crippen LogP contribution in [-0.2, 0) is 11.3 Å². The summed E-state index contributed by atoms with van der Waals surface area (Å²) >= 11 is 1.69. The molecule has 1 heterocycles. The number of aromatic nitrogens is 1. The molecule has 0 unspecified atom stereocenters. The van der Waals surface area contributed by atoms with Gasteiger partial charge in [0.1, 0.15) is 5.01 Å². The van der Waals surface area contributed by atoms with Crippen molar-refractivity contribution in [1.29, 1.82) is 0 Å². The SMILES string of the molecule is CCNC(=NCc1nc(C(C)C)cs1)NCCCOCC1CC1.I. The molecule has 7 heteroatoms. The second-order valence-corrected chi connectivity index (χ2v) is 7.26. The van der Waals surface area contributed by atoms with Crippen LogP contribution >= 0.6 is 35.3 Å². The fourth-order valence-electron chi connectivity index (χ4n) is 2.07. The van der Waals surface area contributed by atoms with Crippen LogP contribution < -0.4 is 10.6 Å². The first-order valence-electron chi connectivity index (χ1n) is 8.73. The van der Waals surface area contributed by atoms with Crippen LogP contribution in [0.3, 0.4) is 0 Å². The van der Waals surface area contributed by atoms with Gasteiger partial charge in [0.25, 0.3) is 0 Å². The minimum Gasteiger partial charge on any atom is -0.381 e. The number of rotatable bonds is 10. The van der Waals surface area contributed by atoms with Crippen molar-refractivity contribution in [1.82, 2.24) is 15.6 Å². The Balaban J connectivity index is 0.00000288. The fraction of sp³-hybridized carbons (Fsp3) is 0.765. The summed E-state index contributed by atoms with van der Waals surface area (Å²) in [6, 6.07) is 0. The molecule has 1 aromatic heterocycles. The lowest BCUT2D eigenvalue weighted by molar-refractivity contribution is 0.123. The summed E-state index contributed by atoms with van der Waals surface area (Å²) in [5, 5.41) is 9.84. The minimum absolute atomic E-state index is 0. The molecule has 2 N–H and O–H groups in total. The normalized spacial score (nSPS) is 14.6. The molecule has 24 heavy (non-hydrogen) atoms. The molecule has 1 aliphatic rings. The summed E-state index contributed by atoms with van der Waals surface area (Å²) < 4.78 is 5.65. The molecule has 0 aliphatic heterocycles. The standard InChI is InChI=1S/C17H30N4OS.HI/c1-4-18-17(19-8-5-9-22-11-14-6-7-14)20-10-16-21-15(12-23-16)13(2)3;/h12-14H,4-11H2,1-3H3,(H2,18,19,20);1H. The molecular formula is C17H31IN4OS. The van der Waals surface area contributed by atoms with Crippen LogP contribution in [0, 0.1) is 5.92 Å². The number of halogens is 1. The van der Waals surface area contributed by atoms with E-state index >= 15 is 0 Å². The minimum atomic E-state index is 0. The molecule has 1 saturated carbocycles. The summed E-state index contributed by atoms with van der Waals surface area (Å²) in [4.78, 5) is 9.23. The predicted octanol–water partition coefficient (Wildman–Crippen LogP) is 3.76. The Kier molecular flexibility index (Phi) is 10.8. The second kappa shape index (κ2) is 12.0. The van der Waals surface area contributed by atoms with Crippen LogP contribution in [0.1, 0.15) is 56.7 Å². The van der Waals surface area contributed by atoms with Crippen LogP contribution in [0.4, 0.5) is 0 Å². The van der Waals surface area contributed by atoms with Crippen molar-refractivity contribution in [3.05, 3.63) is 16.1 Å². The van der Waals surface area contributed by atoms with E-state index in [-0.39, 0.29) is 24.0 Å². The first-order valence-corrected chi connectivity index (χ1v) is 9.61. The Bertz CT molecular complexity index is 489. The number of aliphatic imine (C=N–C) groups is 1. The molecule has 0 spiro atoms. The number of thiazole rings is 1. The number of ether oxygens (including phenoxy) is 1. The Morgan fingerprint density at radius 2 is 2.21 bits per heavy atom. The Hall–Kier alpha value is -0.410. The van der Waals surface area contributed by atoms with Gasteiger partial charge >= 0.3 is 0 Å². The highest BCUT2D eigenvalue weighted by molar-refractivity contribution is 14.0. The van der Waals surface area contributed by atoms with E-state index in [0.717, 1.165) is 55.3 Å². The number of hydrogen-bond donors (Lipinski definition) is 2. The van der Waals surface area contributed by atoms with Crippen molar-refractivity contribution < 1.29 is 4.74 Å². The topological polar surface area (TPSA) is 58.5 Å². The van der Waals surface area contributed by atoms with Gasteiger partial charge in [-0.25, -0.2) is 9.98 Å². The molecule has 0 saturated heterocycles. The lowest BCUT2D eigenvalue weighted by Gasteiger charge is -2.11. The zero-order chi connectivity index (χ0) is 16.5. The second-order valence-electron chi connectivity index (χ2n) is 6.31. The van der Waals surface area contributed by atoms with E-state index in [1.807, 2.05) is 0 Å². The van der Waals surface area contributed by atoms with Gasteiger partial charge in [-0.2, -0.15) is 0 Å². The third-order valence-electron chi connectivity index (χ3n) is 3.69. The van der Waals surface area contributed by atoms with Crippen molar-refractivity contribution in [3.8, 4) is 0 Å². The van der Waals surface area contributed by atoms with E-state index in [2.05, 4.69) is 46.8 Å². The molecule has 1 aromatic rings. The van der Waals surface area contributed by atoms with E-state index in [0.29, 0.717) is 12.5 Å². The van der Waals surface area contributed by atoms with Crippen molar-refractivity contribution in [3.63, 3.8) is 0 Å². The quantitative estimate of drug-likeness (QED) is 0.239. The van der Waals surface area contributed by atoms with Gasteiger partial charge in [0.15, 0.2) is 5.96 Å². The first-order chi connectivity index (χ1) is 11.2. The van der Waals surface area contributed by atoms with Gasteiger partial charge in [0.2, 0.25) is 0 Å². The molecule has 0 radical (unpaired) electrons. The van der Waals surface area contributed by atoms with Crippen LogP contribution in [0.2, 0.25) is 0 Å². The van der Waals surface area contributed by atoms with Gasteiger partial charge in [-0.05, 0) is 38.0 Å². The Morgan fingerprint density at radius 3 is 2.83 bits per heavy atom. The van der Waals surface area contributed by atoms with E-state index in [9.17, 15) is 0 Å². The number of guanidine groups is 1. The average molecular weight is 466 g/mol. The highest BCUT2D eigenvalue weighted by Crippen LogP contribution is 2.28. The van der Waals surface area contributed by atoms with Crippen LogP contribution in [-0.4, -0.2) is 37.2 Å². The van der Waals surface area contributed by atoms with Crippen molar-refractivity contribution in [2.45, 2.75) is 52.5 Å². The maximum atomic E-state index is 5.65. The van der Waals surface area contributed by atoms with E-state index in [1.165, 1.54) is 12.8 Å². The van der Waals surface area contributed by atoms with Gasteiger partial charge in [-0.1, -0.05) is 13.8 Å². The molecule has 0 atom stereocenters. The third kappa shape index (κ3) is 8.62. The lowest BCUT2D eigenvalue weighted by Crippen LogP contribution is -2.38. The van der Waals surface area contributed by atoms with E-state index in [4.69, 9.17) is 4.74 Å². The van der Waals surface area contributed by atoms with Gasteiger partial charge < -0.3 is 15.4 Å². The zero-order valence-electron chi connectivity index (χ0n) is 15.0. The molecule has 1 aliphatic carbocycles. The Labute approximate surface area is 167 Å². The van der Waals surface area contributed by atoms with Gasteiger partial charge in [-0.3, -0.25) is 0 Å². The van der Waals surface area contributed by atoms with Crippen molar-refractivity contribution >= 4 is 41.3 Å². The zero-order valence-corrected chi connectivity index (χ0v) is 18.2. The van der Waals surface area contributed by atoms with Gasteiger partial charge in [0.05, 0.1) is 12.2 Å². The lowest BCUT2D eigenvalue weighted by atomic mass is 10.2. The monoisotopic (exact) mass is 466 g/mol. The molecule has 0 aromatic carbocycles. The number of hydrogen-bond acceptors (Lipinski definition) is 4. The van der Waals surface area contributed by atoms with E-state index in [1.54, 1.807) is 11.3 Å². The maximum Gasteiger partial charge on any atom is 0.191 e. The summed E-state index contributed by atoms with van der Waals surface area (Å²) in [5.41, 5.74) is 1.16. The predicted molar refractivity (Wildman–Crippen MR) is 113 cm³/mol. The molecule has 0 bridgehead atoms. The van der Waals surface area contributed by atoms with Gasteiger partial charge in [-0.15, -0.1) is 35.3 Å². The largest absolute Gasteiger partial charge is 0.381 e. The highest BCUT2D eigenvalue weighted by atomic mass is 127. The highest BCUT2D eigenvalue weighted by Gasteiger charge is 2.20. The molecule has 1 fully saturated rings. The molecule has 2 rings (SSSR count).